The first-order chi connectivity index (χ1) is 13.4. The largest absolute Gasteiger partial charge is 0.494 e. The molecule has 1 aliphatic rings. The van der Waals surface area contributed by atoms with E-state index in [1.807, 2.05) is 4.90 Å². The molecule has 2 aromatic rings. The minimum absolute atomic E-state index is 0.343. The third-order valence-corrected chi connectivity index (χ3v) is 4.62. The molecule has 0 aliphatic heterocycles. The number of alkyl halides is 3. The van der Waals surface area contributed by atoms with Crippen molar-refractivity contribution in [3.63, 3.8) is 0 Å². The molecule has 28 heavy (non-hydrogen) atoms. The maximum absolute atomic E-state index is 13.3. The molecule has 0 N–H and O–H groups in total. The molecule has 0 unspecified atom stereocenters. The molecule has 0 spiro atoms. The molecule has 0 aromatic heterocycles. The molecule has 0 radical (unpaired) electrons. The molecule has 7 heteroatoms. The molecular formula is C21H20F4N2O. The van der Waals surface area contributed by atoms with E-state index in [-0.39, 0.29) is 11.4 Å². The van der Waals surface area contributed by atoms with Crippen molar-refractivity contribution in [2.45, 2.75) is 25.4 Å². The van der Waals surface area contributed by atoms with Gasteiger partial charge in [-0.15, -0.1) is 0 Å². The summed E-state index contributed by atoms with van der Waals surface area (Å²) in [5.41, 5.74) is -0.821. The van der Waals surface area contributed by atoms with Crippen molar-refractivity contribution in [3.8, 4) is 11.8 Å². The number of nitrogens with zero attached hydrogens (tertiary/aromatic N) is 2. The zero-order chi connectivity index (χ0) is 20.1. The fraction of sp³-hybridized carbons (Fsp3) is 0.381. The average Bonchev–Trinajstić information content (AvgIpc) is 3.48. The fourth-order valence-electron chi connectivity index (χ4n) is 2.98. The van der Waals surface area contributed by atoms with Crippen LogP contribution in [0.2, 0.25) is 0 Å². The van der Waals surface area contributed by atoms with Crippen LogP contribution in [-0.2, 0) is 6.18 Å². The molecule has 0 atom stereocenters. The Morgan fingerprint density at radius 1 is 1.11 bits per heavy atom. The van der Waals surface area contributed by atoms with Crippen LogP contribution < -0.4 is 9.64 Å². The first kappa shape index (κ1) is 20.0. The summed E-state index contributed by atoms with van der Waals surface area (Å²) in [7, 11) is 0. The molecule has 0 heterocycles. The van der Waals surface area contributed by atoms with E-state index in [9.17, 15) is 17.6 Å². The van der Waals surface area contributed by atoms with E-state index < -0.39 is 11.7 Å². The van der Waals surface area contributed by atoms with E-state index in [0.29, 0.717) is 43.5 Å². The van der Waals surface area contributed by atoms with E-state index in [2.05, 4.69) is 0 Å². The monoisotopic (exact) mass is 392 g/mol. The van der Waals surface area contributed by atoms with Crippen LogP contribution in [0.5, 0.6) is 5.75 Å². The number of rotatable bonds is 8. The third kappa shape index (κ3) is 5.38. The fourth-order valence-corrected chi connectivity index (χ4v) is 2.98. The Balaban J connectivity index is 1.66. The highest BCUT2D eigenvalue weighted by Crippen LogP contribution is 2.36. The van der Waals surface area contributed by atoms with Crippen molar-refractivity contribution < 1.29 is 22.3 Å². The van der Waals surface area contributed by atoms with Gasteiger partial charge in [0.1, 0.15) is 11.6 Å². The molecule has 0 bridgehead atoms. The van der Waals surface area contributed by atoms with Gasteiger partial charge < -0.3 is 9.64 Å². The normalized spacial score (nSPS) is 13.8. The van der Waals surface area contributed by atoms with E-state index in [4.69, 9.17) is 10.00 Å². The summed E-state index contributed by atoms with van der Waals surface area (Å²) in [5.74, 6) is 0.695. The number of anilines is 1. The number of ether oxygens (including phenoxy) is 1. The van der Waals surface area contributed by atoms with E-state index in [0.717, 1.165) is 18.9 Å². The Hall–Kier alpha value is -2.75. The van der Waals surface area contributed by atoms with Crippen LogP contribution in [0.15, 0.2) is 42.5 Å². The van der Waals surface area contributed by atoms with Crippen LogP contribution in [0.25, 0.3) is 0 Å². The van der Waals surface area contributed by atoms with Gasteiger partial charge in [0.25, 0.3) is 0 Å². The van der Waals surface area contributed by atoms with Gasteiger partial charge in [-0.3, -0.25) is 0 Å². The average molecular weight is 392 g/mol. The SMILES string of the molecule is N#Cc1ccc(N(CCCOc2ccc(F)cc2)CC2CC2)cc1C(F)(F)F. The van der Waals surface area contributed by atoms with Crippen LogP contribution in [0.4, 0.5) is 23.2 Å². The van der Waals surface area contributed by atoms with Gasteiger partial charge in [-0.05, 0) is 67.6 Å². The maximum Gasteiger partial charge on any atom is 0.417 e. The van der Waals surface area contributed by atoms with Crippen molar-refractivity contribution in [1.82, 2.24) is 0 Å². The Morgan fingerprint density at radius 3 is 2.43 bits per heavy atom. The zero-order valence-electron chi connectivity index (χ0n) is 15.2. The summed E-state index contributed by atoms with van der Waals surface area (Å²) >= 11 is 0. The highest BCUT2D eigenvalue weighted by molar-refractivity contribution is 5.55. The van der Waals surface area contributed by atoms with E-state index in [1.165, 1.54) is 30.3 Å². The summed E-state index contributed by atoms with van der Waals surface area (Å²) in [6, 6.07) is 11.2. The predicted octanol–water partition coefficient (Wildman–Crippen LogP) is 5.40. The van der Waals surface area contributed by atoms with Crippen LogP contribution in [0.3, 0.4) is 0 Å². The van der Waals surface area contributed by atoms with Gasteiger partial charge in [0, 0.05) is 18.8 Å². The lowest BCUT2D eigenvalue weighted by Crippen LogP contribution is -2.28. The minimum Gasteiger partial charge on any atom is -0.494 e. The molecular weight excluding hydrogens is 372 g/mol. The molecule has 0 amide bonds. The van der Waals surface area contributed by atoms with Gasteiger partial charge in [0.2, 0.25) is 0 Å². The summed E-state index contributed by atoms with van der Waals surface area (Å²) in [6.45, 7) is 1.58. The Kier molecular flexibility index (Phi) is 6.08. The lowest BCUT2D eigenvalue weighted by Gasteiger charge is -2.26. The standard InChI is InChI=1S/C21H20F4N2O/c22-17-5-8-19(9-6-17)28-11-1-10-27(14-15-2-3-15)18-7-4-16(13-26)20(12-18)21(23,24)25/h4-9,12,15H,1-3,10-11,14H2. The smallest absolute Gasteiger partial charge is 0.417 e. The molecule has 0 saturated heterocycles. The van der Waals surface area contributed by atoms with Crippen molar-refractivity contribution in [2.75, 3.05) is 24.6 Å². The molecule has 1 aliphatic carbocycles. The molecule has 3 rings (SSSR count). The van der Waals surface area contributed by atoms with Gasteiger partial charge >= 0.3 is 6.18 Å². The van der Waals surface area contributed by atoms with Crippen molar-refractivity contribution in [2.24, 2.45) is 5.92 Å². The Labute approximate surface area is 161 Å². The van der Waals surface area contributed by atoms with Crippen LogP contribution >= 0.6 is 0 Å². The van der Waals surface area contributed by atoms with Gasteiger partial charge in [0.15, 0.2) is 0 Å². The van der Waals surface area contributed by atoms with Crippen LogP contribution in [0.1, 0.15) is 30.4 Å². The second kappa shape index (κ2) is 8.51. The summed E-state index contributed by atoms with van der Waals surface area (Å²) < 4.78 is 58.3. The van der Waals surface area contributed by atoms with Gasteiger partial charge in [0.05, 0.1) is 23.8 Å². The van der Waals surface area contributed by atoms with Crippen LogP contribution in [0, 0.1) is 23.1 Å². The maximum atomic E-state index is 13.3. The van der Waals surface area contributed by atoms with Crippen LogP contribution in [-0.4, -0.2) is 19.7 Å². The lowest BCUT2D eigenvalue weighted by atomic mass is 10.1. The number of halogens is 4. The lowest BCUT2D eigenvalue weighted by molar-refractivity contribution is -0.137. The number of hydrogen-bond donors (Lipinski definition) is 0. The van der Waals surface area contributed by atoms with Crippen molar-refractivity contribution in [1.29, 1.82) is 5.26 Å². The molecule has 1 saturated carbocycles. The number of nitriles is 1. The molecule has 1 fully saturated rings. The highest BCUT2D eigenvalue weighted by atomic mass is 19.4. The predicted molar refractivity (Wildman–Crippen MR) is 97.6 cm³/mol. The number of benzene rings is 2. The first-order valence-electron chi connectivity index (χ1n) is 9.11. The topological polar surface area (TPSA) is 36.3 Å². The number of hydrogen-bond acceptors (Lipinski definition) is 3. The summed E-state index contributed by atoms with van der Waals surface area (Å²) in [6.07, 6.45) is -1.82. The third-order valence-electron chi connectivity index (χ3n) is 4.62. The van der Waals surface area contributed by atoms with Gasteiger partial charge in [-0.2, -0.15) is 18.4 Å². The minimum atomic E-state index is -4.57. The summed E-state index contributed by atoms with van der Waals surface area (Å²) in [5, 5.41) is 8.96. The van der Waals surface area contributed by atoms with Crippen molar-refractivity contribution >= 4 is 5.69 Å². The zero-order valence-corrected chi connectivity index (χ0v) is 15.2. The molecule has 2 aromatic carbocycles. The Morgan fingerprint density at radius 2 is 1.82 bits per heavy atom. The quantitative estimate of drug-likeness (QED) is 0.446. The van der Waals surface area contributed by atoms with Gasteiger partial charge in [-0.25, -0.2) is 4.39 Å². The van der Waals surface area contributed by atoms with E-state index in [1.54, 1.807) is 12.1 Å². The van der Waals surface area contributed by atoms with E-state index >= 15 is 0 Å². The highest BCUT2D eigenvalue weighted by Gasteiger charge is 2.34. The van der Waals surface area contributed by atoms with Gasteiger partial charge in [-0.1, -0.05) is 0 Å². The molecule has 3 nitrogen and oxygen atoms in total. The summed E-state index contributed by atoms with van der Waals surface area (Å²) in [4.78, 5) is 1.92. The van der Waals surface area contributed by atoms with Crippen molar-refractivity contribution in [3.05, 3.63) is 59.4 Å². The second-order valence-corrected chi connectivity index (χ2v) is 6.88. The first-order valence-corrected chi connectivity index (χ1v) is 9.11. The second-order valence-electron chi connectivity index (χ2n) is 6.88. The molecule has 148 valence electrons. The Bertz CT molecular complexity index is 839.